The molecule has 124 valence electrons. The van der Waals surface area contributed by atoms with Crippen LogP contribution >= 0.6 is 0 Å². The second-order valence-electron chi connectivity index (χ2n) is 8.17. The van der Waals surface area contributed by atoms with Crippen LogP contribution in [0.5, 0.6) is 0 Å². The molecule has 1 N–H and O–H groups in total. The fourth-order valence-corrected chi connectivity index (χ4v) is 3.94. The molecule has 0 aromatic heterocycles. The van der Waals surface area contributed by atoms with Gasteiger partial charge in [0.2, 0.25) is 0 Å². The second kappa shape index (κ2) is 7.43. The van der Waals surface area contributed by atoms with Crippen molar-refractivity contribution in [1.29, 1.82) is 0 Å². The Labute approximate surface area is 131 Å². The van der Waals surface area contributed by atoms with Crippen molar-refractivity contribution in [3.63, 3.8) is 0 Å². The van der Waals surface area contributed by atoms with Crippen LogP contribution in [0.25, 0.3) is 0 Å². The summed E-state index contributed by atoms with van der Waals surface area (Å²) < 4.78 is 6.24. The number of nitrogens with one attached hydrogen (secondary N) is 1. The summed E-state index contributed by atoms with van der Waals surface area (Å²) >= 11 is 0. The molecule has 0 aromatic carbocycles. The van der Waals surface area contributed by atoms with E-state index in [-0.39, 0.29) is 5.60 Å². The van der Waals surface area contributed by atoms with E-state index in [1.807, 2.05) is 0 Å². The molecule has 2 aliphatic heterocycles. The lowest BCUT2D eigenvalue weighted by Gasteiger charge is -2.42. The second-order valence-corrected chi connectivity index (χ2v) is 8.17. The molecule has 0 bridgehead atoms. The molecule has 2 saturated heterocycles. The van der Waals surface area contributed by atoms with Crippen LogP contribution in [-0.2, 0) is 4.74 Å². The first-order chi connectivity index (χ1) is 9.89. The topological polar surface area (TPSA) is 24.5 Å². The molecule has 0 saturated carbocycles. The Morgan fingerprint density at radius 3 is 2.67 bits per heavy atom. The van der Waals surface area contributed by atoms with E-state index in [1.165, 1.54) is 38.6 Å². The maximum atomic E-state index is 6.24. The molecule has 0 aliphatic carbocycles. The van der Waals surface area contributed by atoms with Gasteiger partial charge in [0.05, 0.1) is 11.7 Å². The summed E-state index contributed by atoms with van der Waals surface area (Å²) in [5, 5.41) is 3.76. The van der Waals surface area contributed by atoms with Gasteiger partial charge in [0.25, 0.3) is 0 Å². The van der Waals surface area contributed by atoms with Crippen molar-refractivity contribution >= 4 is 0 Å². The lowest BCUT2D eigenvalue weighted by molar-refractivity contribution is -0.0400. The summed E-state index contributed by atoms with van der Waals surface area (Å²) in [5.41, 5.74) is 0.0923. The maximum absolute atomic E-state index is 6.24. The standard InChI is InChI=1S/C18H36N2O/c1-6-7-15-12-20(16(11-19-15)10-14(2)3)13-17-8-9-18(4,5)21-17/h14-17,19H,6-13H2,1-5H3. The van der Waals surface area contributed by atoms with Crippen molar-refractivity contribution in [2.75, 3.05) is 19.6 Å². The largest absolute Gasteiger partial charge is 0.371 e. The van der Waals surface area contributed by atoms with Gasteiger partial charge in [-0.2, -0.15) is 0 Å². The van der Waals surface area contributed by atoms with E-state index < -0.39 is 0 Å². The molecule has 2 heterocycles. The van der Waals surface area contributed by atoms with Crippen LogP contribution in [0.1, 0.15) is 66.7 Å². The van der Waals surface area contributed by atoms with Crippen LogP contribution in [0.3, 0.4) is 0 Å². The quantitative estimate of drug-likeness (QED) is 0.812. The smallest absolute Gasteiger partial charge is 0.0710 e. The molecule has 2 aliphatic rings. The number of hydrogen-bond donors (Lipinski definition) is 1. The SMILES string of the molecule is CCCC1CN(CC2CCC(C)(C)O2)C(CC(C)C)CN1. The van der Waals surface area contributed by atoms with Gasteiger partial charge in [-0.25, -0.2) is 0 Å². The lowest BCUT2D eigenvalue weighted by Crippen LogP contribution is -2.58. The van der Waals surface area contributed by atoms with Crippen molar-refractivity contribution in [3.8, 4) is 0 Å². The van der Waals surface area contributed by atoms with Crippen molar-refractivity contribution in [2.45, 2.75) is 90.5 Å². The summed E-state index contributed by atoms with van der Waals surface area (Å²) in [6, 6.07) is 1.36. The third-order valence-corrected chi connectivity index (χ3v) is 4.99. The normalized spacial score (nSPS) is 33.7. The first-order valence-corrected chi connectivity index (χ1v) is 9.05. The molecule has 0 radical (unpaired) electrons. The number of rotatable bonds is 6. The Balaban J connectivity index is 1.92. The minimum Gasteiger partial charge on any atom is -0.371 e. The van der Waals surface area contributed by atoms with Crippen LogP contribution < -0.4 is 5.32 Å². The van der Waals surface area contributed by atoms with Crippen LogP contribution in [-0.4, -0.2) is 48.3 Å². The highest BCUT2D eigenvalue weighted by atomic mass is 16.5. The summed E-state index contributed by atoms with van der Waals surface area (Å²) in [6.07, 6.45) is 6.73. The summed E-state index contributed by atoms with van der Waals surface area (Å²) in [4.78, 5) is 2.73. The Kier molecular flexibility index (Phi) is 6.10. The minimum absolute atomic E-state index is 0.0923. The van der Waals surface area contributed by atoms with Crippen molar-refractivity contribution in [1.82, 2.24) is 10.2 Å². The average molecular weight is 296 g/mol. The molecule has 21 heavy (non-hydrogen) atoms. The summed E-state index contributed by atoms with van der Waals surface area (Å²) in [6.45, 7) is 14.9. The Morgan fingerprint density at radius 2 is 2.10 bits per heavy atom. The predicted molar refractivity (Wildman–Crippen MR) is 89.7 cm³/mol. The van der Waals surface area contributed by atoms with Gasteiger partial charge < -0.3 is 10.1 Å². The average Bonchev–Trinajstić information content (AvgIpc) is 2.72. The van der Waals surface area contributed by atoms with Crippen LogP contribution in [0.4, 0.5) is 0 Å². The zero-order valence-corrected chi connectivity index (χ0v) is 14.8. The fourth-order valence-electron chi connectivity index (χ4n) is 3.94. The van der Waals surface area contributed by atoms with Gasteiger partial charge in [0, 0.05) is 31.7 Å². The molecule has 2 rings (SSSR count). The van der Waals surface area contributed by atoms with Crippen molar-refractivity contribution in [2.24, 2.45) is 5.92 Å². The van der Waals surface area contributed by atoms with Gasteiger partial charge >= 0.3 is 0 Å². The van der Waals surface area contributed by atoms with E-state index in [2.05, 4.69) is 44.8 Å². The predicted octanol–water partition coefficient (Wildman–Crippen LogP) is 3.43. The van der Waals surface area contributed by atoms with Gasteiger partial charge in [0.15, 0.2) is 0 Å². The van der Waals surface area contributed by atoms with Gasteiger partial charge in [-0.3, -0.25) is 4.90 Å². The highest BCUT2D eigenvalue weighted by Crippen LogP contribution is 2.30. The van der Waals surface area contributed by atoms with E-state index in [0.29, 0.717) is 18.2 Å². The number of ether oxygens (including phenoxy) is 1. The van der Waals surface area contributed by atoms with E-state index in [9.17, 15) is 0 Å². The van der Waals surface area contributed by atoms with Crippen LogP contribution in [0, 0.1) is 5.92 Å². The Morgan fingerprint density at radius 1 is 1.33 bits per heavy atom. The van der Waals surface area contributed by atoms with Crippen LogP contribution in [0.15, 0.2) is 0 Å². The molecule has 0 amide bonds. The molecule has 0 spiro atoms. The summed E-state index contributed by atoms with van der Waals surface area (Å²) in [5.74, 6) is 0.767. The number of hydrogen-bond acceptors (Lipinski definition) is 3. The highest BCUT2D eigenvalue weighted by Gasteiger charge is 2.35. The molecule has 3 unspecified atom stereocenters. The molecular formula is C18H36N2O. The minimum atomic E-state index is 0.0923. The zero-order valence-electron chi connectivity index (χ0n) is 14.8. The third kappa shape index (κ3) is 5.22. The Bertz CT molecular complexity index is 316. The summed E-state index contributed by atoms with van der Waals surface area (Å²) in [7, 11) is 0. The van der Waals surface area contributed by atoms with E-state index >= 15 is 0 Å². The molecule has 0 aromatic rings. The molecule has 3 heteroatoms. The number of piperazine rings is 1. The molecule has 3 atom stereocenters. The van der Waals surface area contributed by atoms with Gasteiger partial charge in [-0.05, 0) is 45.4 Å². The zero-order chi connectivity index (χ0) is 15.5. The molecule has 2 fully saturated rings. The van der Waals surface area contributed by atoms with E-state index in [1.54, 1.807) is 0 Å². The van der Waals surface area contributed by atoms with E-state index in [4.69, 9.17) is 4.74 Å². The molecule has 3 nitrogen and oxygen atoms in total. The maximum Gasteiger partial charge on any atom is 0.0710 e. The van der Waals surface area contributed by atoms with Gasteiger partial charge in [-0.1, -0.05) is 27.2 Å². The van der Waals surface area contributed by atoms with Crippen molar-refractivity contribution in [3.05, 3.63) is 0 Å². The Hall–Kier alpha value is -0.120. The number of nitrogens with zero attached hydrogens (tertiary/aromatic N) is 1. The highest BCUT2D eigenvalue weighted by molar-refractivity contribution is 4.90. The first kappa shape index (κ1) is 17.2. The fraction of sp³-hybridized carbons (Fsp3) is 1.00. The van der Waals surface area contributed by atoms with Crippen molar-refractivity contribution < 1.29 is 4.74 Å². The molecular weight excluding hydrogens is 260 g/mol. The first-order valence-electron chi connectivity index (χ1n) is 9.05. The third-order valence-electron chi connectivity index (χ3n) is 4.99. The monoisotopic (exact) mass is 296 g/mol. The van der Waals surface area contributed by atoms with Crippen LogP contribution in [0.2, 0.25) is 0 Å². The lowest BCUT2D eigenvalue weighted by atomic mass is 9.97. The van der Waals surface area contributed by atoms with Gasteiger partial charge in [0.1, 0.15) is 0 Å². The van der Waals surface area contributed by atoms with E-state index in [0.717, 1.165) is 19.0 Å². The van der Waals surface area contributed by atoms with Gasteiger partial charge in [-0.15, -0.1) is 0 Å².